The van der Waals surface area contributed by atoms with Gasteiger partial charge < -0.3 is 0 Å². The molecule has 0 radical (unpaired) electrons. The van der Waals surface area contributed by atoms with Gasteiger partial charge in [0, 0.05) is 0 Å². The van der Waals surface area contributed by atoms with Crippen molar-refractivity contribution in [2.75, 3.05) is 6.67 Å². The second-order valence-electron chi connectivity index (χ2n) is 9.97. The van der Waals surface area contributed by atoms with Crippen molar-refractivity contribution in [2.24, 2.45) is 17.8 Å². The number of aryl methyl sites for hydroxylation is 1. The minimum Gasteiger partial charge on any atom is -0.251 e. The van der Waals surface area contributed by atoms with Gasteiger partial charge in [0.15, 0.2) is 0 Å². The molecule has 0 bridgehead atoms. The summed E-state index contributed by atoms with van der Waals surface area (Å²) in [5.74, 6) is 3.77. The molecular weight excluding hydrogens is 355 g/mol. The Morgan fingerprint density at radius 3 is 1.83 bits per heavy atom. The first-order valence-corrected chi connectivity index (χ1v) is 12.5. The van der Waals surface area contributed by atoms with Crippen LogP contribution < -0.4 is 0 Å². The summed E-state index contributed by atoms with van der Waals surface area (Å²) in [5, 5.41) is 0. The third-order valence-corrected chi connectivity index (χ3v) is 7.77. The molecule has 29 heavy (non-hydrogen) atoms. The molecule has 2 fully saturated rings. The van der Waals surface area contributed by atoms with E-state index in [-0.39, 0.29) is 6.67 Å². The van der Waals surface area contributed by atoms with E-state index in [2.05, 4.69) is 37.3 Å². The second kappa shape index (κ2) is 12.6. The van der Waals surface area contributed by atoms with E-state index in [0.717, 1.165) is 30.1 Å². The van der Waals surface area contributed by atoms with Crippen molar-refractivity contribution in [2.45, 2.75) is 103 Å². The van der Waals surface area contributed by atoms with E-state index in [1.165, 1.54) is 82.6 Å². The zero-order valence-corrected chi connectivity index (χ0v) is 18.8. The molecule has 0 nitrogen and oxygen atoms in total. The third kappa shape index (κ3) is 7.91. The number of rotatable bonds is 10. The number of hydrogen-bond acceptors (Lipinski definition) is 0. The van der Waals surface area contributed by atoms with Crippen LogP contribution in [0, 0.1) is 24.7 Å². The van der Waals surface area contributed by atoms with E-state index in [0.29, 0.717) is 6.42 Å². The second-order valence-corrected chi connectivity index (χ2v) is 9.97. The van der Waals surface area contributed by atoms with Crippen LogP contribution in [-0.2, 0) is 0 Å². The van der Waals surface area contributed by atoms with Gasteiger partial charge in [-0.05, 0) is 81.1 Å². The van der Waals surface area contributed by atoms with Crippen LogP contribution in [0.5, 0.6) is 0 Å². The van der Waals surface area contributed by atoms with Crippen LogP contribution in [0.2, 0.25) is 0 Å². The van der Waals surface area contributed by atoms with Crippen LogP contribution >= 0.6 is 0 Å². The maximum absolute atomic E-state index is 12.1. The largest absolute Gasteiger partial charge is 0.251 e. The number of alkyl halides is 1. The minimum atomic E-state index is -0.214. The number of benzene rings is 1. The topological polar surface area (TPSA) is 0 Å². The van der Waals surface area contributed by atoms with Crippen LogP contribution in [0.15, 0.2) is 36.4 Å². The monoisotopic (exact) mass is 398 g/mol. The molecule has 2 saturated carbocycles. The first-order valence-electron chi connectivity index (χ1n) is 12.5. The highest BCUT2D eigenvalue weighted by Gasteiger charge is 2.25. The predicted molar refractivity (Wildman–Crippen MR) is 124 cm³/mol. The van der Waals surface area contributed by atoms with Gasteiger partial charge in [-0.3, -0.25) is 4.39 Å². The smallest absolute Gasteiger partial charge is 0.0928 e. The van der Waals surface area contributed by atoms with Crippen molar-refractivity contribution in [3.8, 4) is 0 Å². The highest BCUT2D eigenvalue weighted by Crippen LogP contribution is 2.40. The molecule has 0 saturated heterocycles. The Hall–Kier alpha value is -1.11. The van der Waals surface area contributed by atoms with E-state index in [9.17, 15) is 4.39 Å². The molecule has 1 aromatic carbocycles. The van der Waals surface area contributed by atoms with Gasteiger partial charge >= 0.3 is 0 Å². The Bertz CT molecular complexity index is 571. The summed E-state index contributed by atoms with van der Waals surface area (Å²) in [5.41, 5.74) is 2.95. The molecule has 1 aromatic rings. The van der Waals surface area contributed by atoms with Crippen LogP contribution in [0.25, 0.3) is 0 Å². The van der Waals surface area contributed by atoms with Gasteiger partial charge in [-0.25, -0.2) is 0 Å². The zero-order chi connectivity index (χ0) is 20.3. The summed E-state index contributed by atoms with van der Waals surface area (Å²) in [4.78, 5) is 0. The van der Waals surface area contributed by atoms with Crippen molar-refractivity contribution in [1.82, 2.24) is 0 Å². The lowest BCUT2D eigenvalue weighted by Gasteiger charge is -2.32. The fourth-order valence-electron chi connectivity index (χ4n) is 5.73. The molecular formula is C28H43F. The lowest BCUT2D eigenvalue weighted by molar-refractivity contribution is 0.223. The van der Waals surface area contributed by atoms with Crippen molar-refractivity contribution in [1.29, 1.82) is 0 Å². The maximum Gasteiger partial charge on any atom is 0.0928 e. The van der Waals surface area contributed by atoms with Gasteiger partial charge in [0.2, 0.25) is 0 Å². The van der Waals surface area contributed by atoms with Gasteiger partial charge in [0.05, 0.1) is 6.67 Å². The Balaban J connectivity index is 1.25. The normalized spacial score (nSPS) is 28.1. The molecule has 2 aliphatic carbocycles. The fourth-order valence-corrected chi connectivity index (χ4v) is 5.73. The molecule has 0 aromatic heterocycles. The predicted octanol–water partition coefficient (Wildman–Crippen LogP) is 8.94. The van der Waals surface area contributed by atoms with Crippen LogP contribution in [-0.4, -0.2) is 6.67 Å². The summed E-state index contributed by atoms with van der Waals surface area (Å²) >= 11 is 0. The quantitative estimate of drug-likeness (QED) is 0.272. The van der Waals surface area contributed by atoms with Crippen LogP contribution in [0.1, 0.15) is 107 Å². The first kappa shape index (κ1) is 22.6. The standard InChI is InChI=1S/C28H43F/c1-23-8-18-27(19-9-23)28-20-16-26(17-21-28)15-14-25-12-10-24(11-13-25)7-5-3-2-4-6-22-29/h2,4,8-9,18-19,24-26,28H,3,5-7,10-17,20-22H2,1H3/b4-2+/t24-,25-,26-,28-. The Morgan fingerprint density at radius 2 is 1.24 bits per heavy atom. The minimum absolute atomic E-state index is 0.214. The SMILES string of the molecule is Cc1ccc([C@H]2CC[C@H](CC[C@H]3CC[C@H](CCC/C=C/CCF)CC3)CC2)cc1. The van der Waals surface area contributed by atoms with E-state index < -0.39 is 0 Å². The van der Waals surface area contributed by atoms with Gasteiger partial charge in [-0.1, -0.05) is 86.9 Å². The molecule has 0 N–H and O–H groups in total. The van der Waals surface area contributed by atoms with Gasteiger partial charge in [0.1, 0.15) is 0 Å². The zero-order valence-electron chi connectivity index (χ0n) is 18.8. The molecule has 0 heterocycles. The maximum atomic E-state index is 12.1. The first-order chi connectivity index (χ1) is 14.2. The molecule has 0 unspecified atom stereocenters. The summed E-state index contributed by atoms with van der Waals surface area (Å²) in [6, 6.07) is 9.28. The fraction of sp³-hybridized carbons (Fsp3) is 0.714. The van der Waals surface area contributed by atoms with Crippen LogP contribution in [0.4, 0.5) is 4.39 Å². The van der Waals surface area contributed by atoms with E-state index in [1.807, 2.05) is 6.08 Å². The molecule has 3 rings (SSSR count). The molecule has 1 heteroatoms. The third-order valence-electron chi connectivity index (χ3n) is 7.77. The number of halogens is 1. The number of hydrogen-bond donors (Lipinski definition) is 0. The Morgan fingerprint density at radius 1 is 0.724 bits per heavy atom. The van der Waals surface area contributed by atoms with Crippen LogP contribution in [0.3, 0.4) is 0 Å². The summed E-state index contributed by atoms with van der Waals surface area (Å²) in [6.45, 7) is 1.97. The average Bonchev–Trinajstić information content (AvgIpc) is 2.76. The summed E-state index contributed by atoms with van der Waals surface area (Å²) < 4.78 is 12.1. The molecule has 0 spiro atoms. The molecule has 162 valence electrons. The lowest BCUT2D eigenvalue weighted by Crippen LogP contribution is -2.17. The van der Waals surface area contributed by atoms with Crippen molar-refractivity contribution < 1.29 is 4.39 Å². The van der Waals surface area contributed by atoms with Gasteiger partial charge in [-0.15, -0.1) is 0 Å². The Labute approximate surface area is 179 Å². The molecule has 2 aliphatic rings. The number of unbranched alkanes of at least 4 members (excludes halogenated alkanes) is 1. The highest BCUT2D eigenvalue weighted by atomic mass is 19.1. The molecule has 0 amide bonds. The van der Waals surface area contributed by atoms with E-state index in [1.54, 1.807) is 5.56 Å². The summed E-state index contributed by atoms with van der Waals surface area (Å²) in [7, 11) is 0. The van der Waals surface area contributed by atoms with Crippen molar-refractivity contribution in [3.63, 3.8) is 0 Å². The molecule has 0 atom stereocenters. The average molecular weight is 399 g/mol. The summed E-state index contributed by atoms with van der Waals surface area (Å²) in [6.07, 6.45) is 23.1. The van der Waals surface area contributed by atoms with Gasteiger partial charge in [0.25, 0.3) is 0 Å². The van der Waals surface area contributed by atoms with E-state index in [4.69, 9.17) is 0 Å². The lowest BCUT2D eigenvalue weighted by atomic mass is 9.74. The van der Waals surface area contributed by atoms with Crippen molar-refractivity contribution >= 4 is 0 Å². The molecule has 0 aliphatic heterocycles. The number of allylic oxidation sites excluding steroid dienone is 2. The van der Waals surface area contributed by atoms with Gasteiger partial charge in [-0.2, -0.15) is 0 Å². The Kier molecular flexibility index (Phi) is 9.77. The van der Waals surface area contributed by atoms with Crippen molar-refractivity contribution in [3.05, 3.63) is 47.5 Å². The highest BCUT2D eigenvalue weighted by molar-refractivity contribution is 5.24. The van der Waals surface area contributed by atoms with E-state index >= 15 is 0 Å².